The molecule has 0 fully saturated rings. The van der Waals surface area contributed by atoms with Gasteiger partial charge in [0.15, 0.2) is 11.5 Å². The zero-order valence-corrected chi connectivity index (χ0v) is 16.9. The lowest BCUT2D eigenvalue weighted by Crippen LogP contribution is -2.30. The van der Waals surface area contributed by atoms with Crippen molar-refractivity contribution in [3.05, 3.63) is 48.0 Å². The van der Waals surface area contributed by atoms with Crippen LogP contribution in [0.25, 0.3) is 0 Å². The summed E-state index contributed by atoms with van der Waals surface area (Å²) in [6.45, 7) is 7.44. The number of benzene rings is 2. The van der Waals surface area contributed by atoms with Gasteiger partial charge in [0.2, 0.25) is 5.91 Å². The number of amides is 1. The van der Waals surface area contributed by atoms with Crippen LogP contribution in [0, 0.1) is 0 Å². The molecule has 0 radical (unpaired) electrons. The topological polar surface area (TPSA) is 50.8 Å². The van der Waals surface area contributed by atoms with E-state index in [1.54, 1.807) is 14.2 Å². The molecule has 0 bridgehead atoms. The second-order valence-corrected chi connectivity index (χ2v) is 6.66. The SMILES string of the molecule is CCN(c1ccc(NC(=O)CCc2ccc(OC)c(OC)c2)cc1)C(C)C. The highest BCUT2D eigenvalue weighted by atomic mass is 16.5. The first kappa shape index (κ1) is 20.6. The van der Waals surface area contributed by atoms with Gasteiger partial charge < -0.3 is 19.7 Å². The van der Waals surface area contributed by atoms with E-state index in [9.17, 15) is 4.79 Å². The number of rotatable bonds is 9. The van der Waals surface area contributed by atoms with Crippen molar-refractivity contribution in [2.75, 3.05) is 31.0 Å². The molecule has 0 aliphatic rings. The number of aryl methyl sites for hydroxylation is 1. The van der Waals surface area contributed by atoms with Crippen molar-refractivity contribution < 1.29 is 14.3 Å². The molecular formula is C22H30N2O3. The summed E-state index contributed by atoms with van der Waals surface area (Å²) < 4.78 is 10.5. The highest BCUT2D eigenvalue weighted by Gasteiger charge is 2.10. The predicted octanol–water partition coefficient (Wildman–Crippen LogP) is 4.51. The van der Waals surface area contributed by atoms with Gasteiger partial charge in [0.1, 0.15) is 0 Å². The van der Waals surface area contributed by atoms with E-state index in [4.69, 9.17) is 9.47 Å². The van der Waals surface area contributed by atoms with Crippen LogP contribution in [0.3, 0.4) is 0 Å². The van der Waals surface area contributed by atoms with E-state index in [0.29, 0.717) is 30.4 Å². The van der Waals surface area contributed by atoms with Crippen LogP contribution < -0.4 is 19.7 Å². The van der Waals surface area contributed by atoms with Gasteiger partial charge in [-0.25, -0.2) is 0 Å². The molecule has 0 saturated carbocycles. The summed E-state index contributed by atoms with van der Waals surface area (Å²) in [4.78, 5) is 14.6. The predicted molar refractivity (Wildman–Crippen MR) is 111 cm³/mol. The number of hydrogen-bond donors (Lipinski definition) is 1. The smallest absolute Gasteiger partial charge is 0.224 e. The summed E-state index contributed by atoms with van der Waals surface area (Å²) in [7, 11) is 3.22. The Morgan fingerprint density at radius 1 is 1.04 bits per heavy atom. The Morgan fingerprint density at radius 2 is 1.70 bits per heavy atom. The maximum absolute atomic E-state index is 12.3. The zero-order chi connectivity index (χ0) is 19.8. The van der Waals surface area contributed by atoms with Crippen molar-refractivity contribution in [1.29, 1.82) is 0 Å². The fraction of sp³-hybridized carbons (Fsp3) is 0.409. The normalized spacial score (nSPS) is 10.6. The Hall–Kier alpha value is -2.69. The molecule has 0 aromatic heterocycles. The van der Waals surface area contributed by atoms with E-state index in [1.807, 2.05) is 42.5 Å². The van der Waals surface area contributed by atoms with Crippen LogP contribution in [0.5, 0.6) is 11.5 Å². The minimum atomic E-state index is -0.00579. The number of carbonyl (C=O) groups is 1. The van der Waals surface area contributed by atoms with Crippen LogP contribution in [0.4, 0.5) is 11.4 Å². The summed E-state index contributed by atoms with van der Waals surface area (Å²) in [6, 6.07) is 14.2. The molecule has 5 nitrogen and oxygen atoms in total. The van der Waals surface area contributed by atoms with E-state index in [2.05, 4.69) is 31.0 Å². The van der Waals surface area contributed by atoms with Gasteiger partial charge in [0, 0.05) is 30.4 Å². The summed E-state index contributed by atoms with van der Waals surface area (Å²) in [5, 5.41) is 2.96. The van der Waals surface area contributed by atoms with Crippen LogP contribution in [0.1, 0.15) is 32.8 Å². The van der Waals surface area contributed by atoms with E-state index in [0.717, 1.165) is 23.5 Å². The number of methoxy groups -OCH3 is 2. The molecule has 0 aliphatic heterocycles. The summed E-state index contributed by atoms with van der Waals surface area (Å²) in [5.41, 5.74) is 3.01. The van der Waals surface area contributed by atoms with Crippen LogP contribution in [-0.4, -0.2) is 32.7 Å². The third kappa shape index (κ3) is 5.64. The van der Waals surface area contributed by atoms with Gasteiger partial charge in [-0.05, 0) is 69.2 Å². The molecule has 1 amide bonds. The quantitative estimate of drug-likeness (QED) is 0.706. The largest absolute Gasteiger partial charge is 0.493 e. The number of nitrogens with zero attached hydrogens (tertiary/aromatic N) is 1. The van der Waals surface area contributed by atoms with Crippen molar-refractivity contribution in [2.45, 2.75) is 39.7 Å². The molecule has 0 saturated heterocycles. The first-order chi connectivity index (χ1) is 13.0. The molecule has 27 heavy (non-hydrogen) atoms. The highest BCUT2D eigenvalue weighted by molar-refractivity contribution is 5.91. The molecule has 2 aromatic rings. The Labute approximate surface area is 162 Å². The van der Waals surface area contributed by atoms with Crippen molar-refractivity contribution >= 4 is 17.3 Å². The lowest BCUT2D eigenvalue weighted by molar-refractivity contribution is -0.116. The molecule has 146 valence electrons. The van der Waals surface area contributed by atoms with Gasteiger partial charge in [-0.15, -0.1) is 0 Å². The van der Waals surface area contributed by atoms with Crippen LogP contribution >= 0.6 is 0 Å². The number of nitrogens with one attached hydrogen (secondary N) is 1. The van der Waals surface area contributed by atoms with Crippen molar-refractivity contribution in [2.24, 2.45) is 0 Å². The number of hydrogen-bond acceptors (Lipinski definition) is 4. The van der Waals surface area contributed by atoms with Gasteiger partial charge in [0.25, 0.3) is 0 Å². The van der Waals surface area contributed by atoms with Gasteiger partial charge in [-0.1, -0.05) is 6.07 Å². The van der Waals surface area contributed by atoms with Crippen LogP contribution in [0.15, 0.2) is 42.5 Å². The van der Waals surface area contributed by atoms with E-state index >= 15 is 0 Å². The summed E-state index contributed by atoms with van der Waals surface area (Å²) in [5.74, 6) is 1.36. The molecule has 0 unspecified atom stereocenters. The Kier molecular flexibility index (Phi) is 7.53. The first-order valence-electron chi connectivity index (χ1n) is 9.36. The van der Waals surface area contributed by atoms with Crippen molar-refractivity contribution in [1.82, 2.24) is 0 Å². The monoisotopic (exact) mass is 370 g/mol. The Bertz CT molecular complexity index is 742. The average molecular weight is 370 g/mol. The van der Waals surface area contributed by atoms with Crippen molar-refractivity contribution in [3.8, 4) is 11.5 Å². The summed E-state index contributed by atoms with van der Waals surface area (Å²) in [6.07, 6.45) is 1.05. The first-order valence-corrected chi connectivity index (χ1v) is 9.36. The van der Waals surface area contributed by atoms with E-state index in [-0.39, 0.29) is 5.91 Å². The van der Waals surface area contributed by atoms with E-state index in [1.165, 1.54) is 0 Å². The van der Waals surface area contributed by atoms with Crippen molar-refractivity contribution in [3.63, 3.8) is 0 Å². The summed E-state index contributed by atoms with van der Waals surface area (Å²) >= 11 is 0. The Balaban J connectivity index is 1.92. The molecule has 0 aliphatic carbocycles. The molecule has 0 heterocycles. The maximum atomic E-state index is 12.3. The highest BCUT2D eigenvalue weighted by Crippen LogP contribution is 2.28. The second-order valence-electron chi connectivity index (χ2n) is 6.66. The fourth-order valence-corrected chi connectivity index (χ4v) is 3.10. The minimum absolute atomic E-state index is 0.00579. The Morgan fingerprint density at radius 3 is 2.26 bits per heavy atom. The third-order valence-corrected chi connectivity index (χ3v) is 4.54. The lowest BCUT2D eigenvalue weighted by Gasteiger charge is -2.27. The average Bonchev–Trinajstić information content (AvgIpc) is 2.67. The molecular weight excluding hydrogens is 340 g/mol. The molecule has 1 N–H and O–H groups in total. The number of anilines is 2. The van der Waals surface area contributed by atoms with Gasteiger partial charge in [0.05, 0.1) is 14.2 Å². The molecule has 5 heteroatoms. The van der Waals surface area contributed by atoms with Gasteiger partial charge >= 0.3 is 0 Å². The zero-order valence-electron chi connectivity index (χ0n) is 16.9. The molecule has 2 aromatic carbocycles. The standard InChI is InChI=1S/C22H30N2O3/c1-6-24(16(2)3)19-11-9-18(10-12-19)23-22(25)14-8-17-7-13-20(26-4)21(15-17)27-5/h7,9-13,15-16H,6,8,14H2,1-5H3,(H,23,25). The number of carbonyl (C=O) groups excluding carboxylic acids is 1. The lowest BCUT2D eigenvalue weighted by atomic mass is 10.1. The molecule has 0 spiro atoms. The van der Waals surface area contributed by atoms with Crippen LogP contribution in [-0.2, 0) is 11.2 Å². The van der Waals surface area contributed by atoms with Crippen LogP contribution in [0.2, 0.25) is 0 Å². The fourth-order valence-electron chi connectivity index (χ4n) is 3.10. The van der Waals surface area contributed by atoms with Gasteiger partial charge in [-0.3, -0.25) is 4.79 Å². The second kappa shape index (κ2) is 9.86. The minimum Gasteiger partial charge on any atom is -0.493 e. The van der Waals surface area contributed by atoms with E-state index < -0.39 is 0 Å². The molecule has 2 rings (SSSR count). The van der Waals surface area contributed by atoms with Gasteiger partial charge in [-0.2, -0.15) is 0 Å². The maximum Gasteiger partial charge on any atom is 0.224 e. The molecule has 0 atom stereocenters. The third-order valence-electron chi connectivity index (χ3n) is 4.54. The number of ether oxygens (including phenoxy) is 2.